The first-order valence-electron chi connectivity index (χ1n) is 6.50. The minimum absolute atomic E-state index is 0.0932. The predicted molar refractivity (Wildman–Crippen MR) is 73.4 cm³/mol. The summed E-state index contributed by atoms with van der Waals surface area (Å²) in [4.78, 5) is 23.9. The summed E-state index contributed by atoms with van der Waals surface area (Å²) in [5, 5.41) is 10.8. The maximum Gasteiger partial charge on any atom is 0.293 e. The average Bonchev–Trinajstić information content (AvgIpc) is 2.46. The van der Waals surface area contributed by atoms with Gasteiger partial charge in [-0.15, -0.1) is 0 Å². The molecule has 0 saturated carbocycles. The summed E-state index contributed by atoms with van der Waals surface area (Å²) in [6.07, 6.45) is 1.28. The third kappa shape index (κ3) is 2.94. The fourth-order valence-electron chi connectivity index (χ4n) is 2.37. The monoisotopic (exact) mass is 297 g/mol. The number of halogens is 1. The van der Waals surface area contributed by atoms with Gasteiger partial charge in [0.1, 0.15) is 17.1 Å². The first-order chi connectivity index (χ1) is 9.93. The van der Waals surface area contributed by atoms with Gasteiger partial charge in [-0.1, -0.05) is 0 Å². The van der Waals surface area contributed by atoms with E-state index in [1.165, 1.54) is 11.9 Å². The van der Waals surface area contributed by atoms with Crippen LogP contribution in [0, 0.1) is 15.9 Å². The minimum Gasteiger partial charge on any atom is -0.392 e. The molecular weight excluding hydrogens is 281 g/mol. The molecule has 1 aliphatic heterocycles. The van der Waals surface area contributed by atoms with E-state index >= 15 is 0 Å². The van der Waals surface area contributed by atoms with Crippen molar-refractivity contribution >= 4 is 17.3 Å². The molecule has 0 radical (unpaired) electrons. The Labute approximate surface area is 120 Å². The van der Waals surface area contributed by atoms with E-state index in [2.05, 4.69) is 0 Å². The van der Waals surface area contributed by atoms with Crippen molar-refractivity contribution < 1.29 is 18.8 Å². The van der Waals surface area contributed by atoms with Crippen LogP contribution in [0.5, 0.6) is 0 Å². The second kappa shape index (κ2) is 6.04. The lowest BCUT2D eigenvalue weighted by atomic mass is 10.0. The number of hydrogen-bond donors (Lipinski definition) is 1. The third-order valence-corrected chi connectivity index (χ3v) is 3.64. The van der Waals surface area contributed by atoms with E-state index < -0.39 is 33.6 Å². The topological polar surface area (TPSA) is 98.7 Å². The van der Waals surface area contributed by atoms with Gasteiger partial charge in [0.05, 0.1) is 4.92 Å². The van der Waals surface area contributed by atoms with Crippen molar-refractivity contribution in [1.29, 1.82) is 0 Å². The van der Waals surface area contributed by atoms with Gasteiger partial charge < -0.3 is 15.4 Å². The van der Waals surface area contributed by atoms with Crippen molar-refractivity contribution in [2.24, 2.45) is 0 Å². The molecule has 1 aliphatic rings. The van der Waals surface area contributed by atoms with Gasteiger partial charge in [0.15, 0.2) is 0 Å². The van der Waals surface area contributed by atoms with Crippen LogP contribution in [0.15, 0.2) is 12.1 Å². The van der Waals surface area contributed by atoms with E-state index in [0.29, 0.717) is 26.1 Å². The Bertz CT molecular complexity index is 573. The number of nitrogens with zero attached hydrogens (tertiary/aromatic N) is 2. The van der Waals surface area contributed by atoms with Crippen LogP contribution in [-0.2, 0) is 4.74 Å². The lowest BCUT2D eigenvalue weighted by molar-refractivity contribution is -0.384. The molecule has 0 unspecified atom stereocenters. The average molecular weight is 297 g/mol. The minimum atomic E-state index is -0.859. The van der Waals surface area contributed by atoms with Gasteiger partial charge in [0.2, 0.25) is 0 Å². The maximum atomic E-state index is 13.9. The van der Waals surface area contributed by atoms with E-state index in [4.69, 9.17) is 10.5 Å². The number of nitro groups is 1. The molecule has 7 nitrogen and oxygen atoms in total. The highest BCUT2D eigenvalue weighted by molar-refractivity contribution is 6.01. The number of benzene rings is 1. The summed E-state index contributed by atoms with van der Waals surface area (Å²) in [6.45, 7) is 1.05. The quantitative estimate of drug-likeness (QED) is 0.518. The summed E-state index contributed by atoms with van der Waals surface area (Å²) >= 11 is 0. The molecule has 0 bridgehead atoms. The molecule has 0 spiro atoms. The van der Waals surface area contributed by atoms with Crippen LogP contribution in [0.3, 0.4) is 0 Å². The maximum absolute atomic E-state index is 13.9. The van der Waals surface area contributed by atoms with Crippen LogP contribution in [-0.4, -0.2) is 42.0 Å². The molecule has 1 aromatic carbocycles. The molecule has 0 aliphatic carbocycles. The van der Waals surface area contributed by atoms with Gasteiger partial charge in [-0.25, -0.2) is 4.39 Å². The van der Waals surface area contributed by atoms with Gasteiger partial charge in [0.25, 0.3) is 11.6 Å². The van der Waals surface area contributed by atoms with Gasteiger partial charge in [-0.05, 0) is 18.9 Å². The highest BCUT2D eigenvalue weighted by atomic mass is 19.1. The molecule has 1 heterocycles. The molecule has 2 N–H and O–H groups in total. The highest BCUT2D eigenvalue weighted by Gasteiger charge is 2.29. The van der Waals surface area contributed by atoms with Crippen LogP contribution in [0.2, 0.25) is 0 Å². The first-order valence-corrected chi connectivity index (χ1v) is 6.50. The molecular formula is C13H16FN3O4. The zero-order valence-electron chi connectivity index (χ0n) is 11.5. The summed E-state index contributed by atoms with van der Waals surface area (Å²) in [6, 6.07) is 1.75. The Balaban J connectivity index is 2.33. The van der Waals surface area contributed by atoms with E-state index in [1.54, 1.807) is 0 Å². The van der Waals surface area contributed by atoms with Crippen molar-refractivity contribution in [3.63, 3.8) is 0 Å². The standard InChI is InChI=1S/C13H16FN3O4/c1-16(8-4-6-21-7-5-8)13(18)11-9(14)2-3-10(12(11)15)17(19)20/h2-3,8H,4-7,15H2,1H3. The molecule has 8 heteroatoms. The number of rotatable bonds is 3. The lowest BCUT2D eigenvalue weighted by Gasteiger charge is -2.31. The van der Waals surface area contributed by atoms with E-state index in [9.17, 15) is 19.3 Å². The molecule has 1 fully saturated rings. The van der Waals surface area contributed by atoms with Crippen molar-refractivity contribution in [3.8, 4) is 0 Å². The number of anilines is 1. The van der Waals surface area contributed by atoms with Crippen LogP contribution < -0.4 is 5.73 Å². The zero-order chi connectivity index (χ0) is 15.6. The Morgan fingerprint density at radius 2 is 2.10 bits per heavy atom. The lowest BCUT2D eigenvalue weighted by Crippen LogP contribution is -2.41. The van der Waals surface area contributed by atoms with Crippen molar-refractivity contribution in [2.75, 3.05) is 26.0 Å². The fraction of sp³-hybridized carbons (Fsp3) is 0.462. The predicted octanol–water partition coefficient (Wildman–Crippen LogP) is 1.57. The third-order valence-electron chi connectivity index (χ3n) is 3.64. The van der Waals surface area contributed by atoms with Gasteiger partial charge in [-0.2, -0.15) is 0 Å². The molecule has 1 amide bonds. The number of nitrogens with two attached hydrogens (primary N) is 1. The summed E-state index contributed by atoms with van der Waals surface area (Å²) in [5.41, 5.74) is 4.24. The second-order valence-corrected chi connectivity index (χ2v) is 4.87. The van der Waals surface area contributed by atoms with E-state index in [0.717, 1.165) is 12.1 Å². The Hall–Kier alpha value is -2.22. The van der Waals surface area contributed by atoms with Crippen LogP contribution >= 0.6 is 0 Å². The van der Waals surface area contributed by atoms with Gasteiger partial charge in [0, 0.05) is 32.4 Å². The molecule has 114 valence electrons. The molecule has 2 rings (SSSR count). The number of nitrogen functional groups attached to an aromatic ring is 1. The first kappa shape index (κ1) is 15.2. The molecule has 0 aromatic heterocycles. The Morgan fingerprint density at radius 3 is 2.67 bits per heavy atom. The van der Waals surface area contributed by atoms with E-state index in [1.807, 2.05) is 0 Å². The number of hydrogen-bond acceptors (Lipinski definition) is 5. The largest absolute Gasteiger partial charge is 0.392 e. The summed E-state index contributed by atoms with van der Waals surface area (Å²) in [5.74, 6) is -1.51. The van der Waals surface area contributed by atoms with Crippen LogP contribution in [0.4, 0.5) is 15.8 Å². The number of nitro benzene ring substituents is 1. The van der Waals surface area contributed by atoms with Crippen LogP contribution in [0.25, 0.3) is 0 Å². The van der Waals surface area contributed by atoms with Crippen molar-refractivity contribution in [1.82, 2.24) is 4.90 Å². The number of carbonyl (C=O) groups is 1. The number of carbonyl (C=O) groups excluding carboxylic acids is 1. The van der Waals surface area contributed by atoms with Crippen LogP contribution in [0.1, 0.15) is 23.2 Å². The number of ether oxygens (including phenoxy) is 1. The Kier molecular flexibility index (Phi) is 4.37. The Morgan fingerprint density at radius 1 is 1.48 bits per heavy atom. The molecule has 21 heavy (non-hydrogen) atoms. The second-order valence-electron chi connectivity index (χ2n) is 4.87. The van der Waals surface area contributed by atoms with Crippen molar-refractivity contribution in [3.05, 3.63) is 33.6 Å². The zero-order valence-corrected chi connectivity index (χ0v) is 11.5. The summed E-state index contributed by atoms with van der Waals surface area (Å²) in [7, 11) is 1.54. The SMILES string of the molecule is CN(C(=O)c1c(F)ccc([N+](=O)[O-])c1N)C1CCOCC1. The van der Waals surface area contributed by atoms with Crippen molar-refractivity contribution in [2.45, 2.75) is 18.9 Å². The fourth-order valence-corrected chi connectivity index (χ4v) is 2.37. The summed E-state index contributed by atoms with van der Waals surface area (Å²) < 4.78 is 19.1. The molecule has 0 atom stereocenters. The van der Waals surface area contributed by atoms with E-state index in [-0.39, 0.29) is 6.04 Å². The van der Waals surface area contributed by atoms with Gasteiger partial charge >= 0.3 is 0 Å². The molecule has 1 aromatic rings. The smallest absolute Gasteiger partial charge is 0.293 e. The molecule has 1 saturated heterocycles. The number of amides is 1. The normalized spacial score (nSPS) is 15.7. The van der Waals surface area contributed by atoms with Gasteiger partial charge in [-0.3, -0.25) is 14.9 Å². The highest BCUT2D eigenvalue weighted by Crippen LogP contribution is 2.29.